The first-order valence-electron chi connectivity index (χ1n) is 10.1. The van der Waals surface area contributed by atoms with Crippen molar-refractivity contribution in [2.24, 2.45) is 0 Å². The summed E-state index contributed by atoms with van der Waals surface area (Å²) in [5.74, 6) is -0.807. The van der Waals surface area contributed by atoms with Crippen LogP contribution in [0.3, 0.4) is 0 Å². The summed E-state index contributed by atoms with van der Waals surface area (Å²) < 4.78 is 20.4. The van der Waals surface area contributed by atoms with Gasteiger partial charge in [-0.15, -0.1) is 0 Å². The summed E-state index contributed by atoms with van der Waals surface area (Å²) >= 11 is 12.2. The SMILES string of the molecule is Cc1cc(Br)ccc1N1C(=O)/C(=C/c2ccc(OCc3ccc(F)cc3)c(Br)c2)C(=O)NC1=S. The van der Waals surface area contributed by atoms with Crippen LogP contribution in [-0.2, 0) is 16.2 Å². The number of halogens is 3. The van der Waals surface area contributed by atoms with Crippen molar-refractivity contribution in [1.29, 1.82) is 0 Å². The summed E-state index contributed by atoms with van der Waals surface area (Å²) in [6, 6.07) is 16.7. The summed E-state index contributed by atoms with van der Waals surface area (Å²) in [4.78, 5) is 27.2. The number of hydrogen-bond donors (Lipinski definition) is 1. The van der Waals surface area contributed by atoms with Gasteiger partial charge in [-0.1, -0.05) is 34.1 Å². The predicted octanol–water partition coefficient (Wildman–Crippen LogP) is 6.07. The van der Waals surface area contributed by atoms with Gasteiger partial charge in [-0.3, -0.25) is 19.8 Å². The molecular formula is C25H17Br2FN2O3S. The Kier molecular flexibility index (Phi) is 7.25. The molecule has 1 aliphatic heterocycles. The van der Waals surface area contributed by atoms with E-state index in [1.54, 1.807) is 42.5 Å². The van der Waals surface area contributed by atoms with Gasteiger partial charge in [-0.25, -0.2) is 4.39 Å². The molecule has 0 aliphatic carbocycles. The van der Waals surface area contributed by atoms with Crippen LogP contribution >= 0.6 is 44.1 Å². The van der Waals surface area contributed by atoms with Crippen LogP contribution in [0.25, 0.3) is 6.08 Å². The maximum atomic E-state index is 13.3. The van der Waals surface area contributed by atoms with Gasteiger partial charge in [0, 0.05) is 4.47 Å². The number of nitrogens with one attached hydrogen (secondary N) is 1. The highest BCUT2D eigenvalue weighted by molar-refractivity contribution is 9.10. The molecule has 0 spiro atoms. The minimum Gasteiger partial charge on any atom is -0.488 e. The number of aryl methyl sites for hydroxylation is 1. The summed E-state index contributed by atoms with van der Waals surface area (Å²) in [6.45, 7) is 2.12. The molecule has 0 saturated carbocycles. The molecule has 5 nitrogen and oxygen atoms in total. The second-order valence-electron chi connectivity index (χ2n) is 7.49. The van der Waals surface area contributed by atoms with E-state index in [-0.39, 0.29) is 23.1 Å². The van der Waals surface area contributed by atoms with E-state index in [4.69, 9.17) is 17.0 Å². The zero-order valence-corrected chi connectivity index (χ0v) is 21.8. The highest BCUT2D eigenvalue weighted by atomic mass is 79.9. The molecule has 1 fully saturated rings. The van der Waals surface area contributed by atoms with Crippen LogP contribution in [-0.4, -0.2) is 16.9 Å². The Morgan fingerprint density at radius 1 is 1.06 bits per heavy atom. The molecule has 1 aliphatic rings. The average Bonchev–Trinajstić information content (AvgIpc) is 2.78. The van der Waals surface area contributed by atoms with Gasteiger partial charge in [0.15, 0.2) is 5.11 Å². The molecule has 0 radical (unpaired) electrons. The van der Waals surface area contributed by atoms with Crippen molar-refractivity contribution in [2.45, 2.75) is 13.5 Å². The first kappa shape index (κ1) is 24.3. The third kappa shape index (κ3) is 5.27. The Bertz CT molecular complexity index is 1340. The van der Waals surface area contributed by atoms with Gasteiger partial charge in [-0.05, 0) is 100 Å². The van der Waals surface area contributed by atoms with E-state index in [9.17, 15) is 14.0 Å². The Labute approximate surface area is 217 Å². The molecule has 3 aromatic carbocycles. The van der Waals surface area contributed by atoms with E-state index in [1.807, 2.05) is 13.0 Å². The number of anilines is 1. The topological polar surface area (TPSA) is 58.6 Å². The largest absolute Gasteiger partial charge is 0.488 e. The number of carbonyl (C=O) groups is 2. The lowest BCUT2D eigenvalue weighted by Crippen LogP contribution is -2.54. The number of hydrogen-bond acceptors (Lipinski definition) is 4. The molecule has 4 rings (SSSR count). The highest BCUT2D eigenvalue weighted by Crippen LogP contribution is 2.30. The van der Waals surface area contributed by atoms with Crippen molar-refractivity contribution in [2.75, 3.05) is 4.90 Å². The quantitative estimate of drug-likeness (QED) is 0.218. The van der Waals surface area contributed by atoms with E-state index in [0.29, 0.717) is 21.5 Å². The van der Waals surface area contributed by atoms with Crippen molar-refractivity contribution in [3.8, 4) is 5.75 Å². The monoisotopic (exact) mass is 602 g/mol. The van der Waals surface area contributed by atoms with Crippen LogP contribution in [0.15, 0.2) is 75.2 Å². The first-order chi connectivity index (χ1) is 16.2. The molecule has 1 N–H and O–H groups in total. The maximum Gasteiger partial charge on any atom is 0.270 e. The molecular weight excluding hydrogens is 587 g/mol. The highest BCUT2D eigenvalue weighted by Gasteiger charge is 2.35. The standard InChI is InChI=1S/C25H17Br2FN2O3S/c1-14-10-17(26)5-8-21(14)30-24(32)19(23(31)29-25(30)34)11-16-4-9-22(20(27)12-16)33-13-15-2-6-18(28)7-3-15/h2-12H,13H2,1H3,(H,29,31,34)/b19-11+. The molecule has 0 unspecified atom stereocenters. The minimum atomic E-state index is -0.561. The van der Waals surface area contributed by atoms with Crippen LogP contribution in [0.5, 0.6) is 5.75 Å². The number of amides is 2. The fraction of sp³-hybridized carbons (Fsp3) is 0.0800. The Balaban J connectivity index is 1.57. The van der Waals surface area contributed by atoms with Crippen LogP contribution in [0.2, 0.25) is 0 Å². The van der Waals surface area contributed by atoms with Crippen LogP contribution in [0.4, 0.5) is 10.1 Å². The number of ether oxygens (including phenoxy) is 1. The normalized spacial score (nSPS) is 15.0. The van der Waals surface area contributed by atoms with Crippen LogP contribution < -0.4 is 15.0 Å². The Morgan fingerprint density at radius 3 is 2.47 bits per heavy atom. The summed E-state index contributed by atoms with van der Waals surface area (Å²) in [5, 5.41) is 2.62. The van der Waals surface area contributed by atoms with Crippen LogP contribution in [0, 0.1) is 12.7 Å². The molecule has 34 heavy (non-hydrogen) atoms. The van der Waals surface area contributed by atoms with Crippen LogP contribution in [0.1, 0.15) is 16.7 Å². The first-order valence-corrected chi connectivity index (χ1v) is 12.1. The van der Waals surface area contributed by atoms with Crippen molar-refractivity contribution < 1.29 is 18.7 Å². The molecule has 0 bridgehead atoms. The van der Waals surface area contributed by atoms with Crippen molar-refractivity contribution in [1.82, 2.24) is 5.32 Å². The van der Waals surface area contributed by atoms with E-state index in [0.717, 1.165) is 15.6 Å². The number of nitrogens with zero attached hydrogens (tertiary/aromatic N) is 1. The number of thiocarbonyl (C=S) groups is 1. The lowest BCUT2D eigenvalue weighted by molar-refractivity contribution is -0.122. The van der Waals surface area contributed by atoms with Gasteiger partial charge in [0.05, 0.1) is 10.2 Å². The van der Waals surface area contributed by atoms with Crippen molar-refractivity contribution >= 4 is 72.8 Å². The molecule has 0 aromatic heterocycles. The van der Waals surface area contributed by atoms with E-state index in [1.165, 1.54) is 23.1 Å². The third-order valence-corrected chi connectivity index (χ3v) is 6.47. The Morgan fingerprint density at radius 2 is 1.79 bits per heavy atom. The van der Waals surface area contributed by atoms with Gasteiger partial charge < -0.3 is 4.74 Å². The van der Waals surface area contributed by atoms with Gasteiger partial charge in [-0.2, -0.15) is 0 Å². The summed E-state index contributed by atoms with van der Waals surface area (Å²) in [7, 11) is 0. The predicted molar refractivity (Wildman–Crippen MR) is 140 cm³/mol. The molecule has 3 aromatic rings. The zero-order chi connectivity index (χ0) is 24.4. The van der Waals surface area contributed by atoms with E-state index in [2.05, 4.69) is 37.2 Å². The lowest BCUT2D eigenvalue weighted by Gasteiger charge is -2.30. The molecule has 1 heterocycles. The smallest absolute Gasteiger partial charge is 0.270 e. The minimum absolute atomic E-state index is 0.0308. The van der Waals surface area contributed by atoms with E-state index >= 15 is 0 Å². The fourth-order valence-electron chi connectivity index (χ4n) is 3.38. The van der Waals surface area contributed by atoms with Crippen molar-refractivity contribution in [3.05, 3.63) is 97.7 Å². The molecule has 172 valence electrons. The number of carbonyl (C=O) groups excluding carboxylic acids is 2. The van der Waals surface area contributed by atoms with Crippen molar-refractivity contribution in [3.63, 3.8) is 0 Å². The van der Waals surface area contributed by atoms with Gasteiger partial charge in [0.2, 0.25) is 0 Å². The molecule has 2 amide bonds. The summed E-state index contributed by atoms with van der Waals surface area (Å²) in [6.07, 6.45) is 1.51. The Hall–Kier alpha value is -2.88. The second-order valence-corrected chi connectivity index (χ2v) is 9.65. The molecule has 9 heteroatoms. The fourth-order valence-corrected chi connectivity index (χ4v) is 4.64. The van der Waals surface area contributed by atoms with Gasteiger partial charge in [0.1, 0.15) is 23.7 Å². The second kappa shape index (κ2) is 10.2. The average molecular weight is 604 g/mol. The number of rotatable bonds is 5. The van der Waals surface area contributed by atoms with E-state index < -0.39 is 11.8 Å². The number of benzene rings is 3. The molecule has 0 atom stereocenters. The lowest BCUT2D eigenvalue weighted by atomic mass is 10.1. The van der Waals surface area contributed by atoms with Gasteiger partial charge in [0.25, 0.3) is 11.8 Å². The van der Waals surface area contributed by atoms with Gasteiger partial charge >= 0.3 is 0 Å². The molecule has 1 saturated heterocycles. The maximum absolute atomic E-state index is 13.3. The summed E-state index contributed by atoms with van der Waals surface area (Å²) in [5.41, 5.74) is 2.83. The third-order valence-electron chi connectivity index (χ3n) is 5.08. The zero-order valence-electron chi connectivity index (χ0n) is 17.8.